The maximum atomic E-state index is 13.4. The summed E-state index contributed by atoms with van der Waals surface area (Å²) >= 11 is 0. The van der Waals surface area contributed by atoms with Crippen LogP contribution in [0.25, 0.3) is 0 Å². The van der Waals surface area contributed by atoms with Crippen LogP contribution in [0.4, 0.5) is 8.78 Å². The topological polar surface area (TPSA) is 0 Å². The Bertz CT molecular complexity index is 500. The summed E-state index contributed by atoms with van der Waals surface area (Å²) < 4.78 is 26.5. The number of rotatable bonds is 4. The summed E-state index contributed by atoms with van der Waals surface area (Å²) in [5.41, 5.74) is 1.00. The standard InChI is InChI=1S/C20H30F2Si/c1-2-11-23-12-9-17(10-13-23)15-3-5-16(6-4-15)18-7-8-19(21)20(22)14-18/h7-8,14-17,23H,2-6,9-13H2,1H3. The Morgan fingerprint density at radius 2 is 1.57 bits per heavy atom. The van der Waals surface area contributed by atoms with E-state index < -0.39 is 11.6 Å². The van der Waals surface area contributed by atoms with E-state index in [9.17, 15) is 8.78 Å². The van der Waals surface area contributed by atoms with Gasteiger partial charge in [-0.25, -0.2) is 8.78 Å². The molecule has 0 amide bonds. The maximum absolute atomic E-state index is 13.4. The predicted octanol–water partition coefficient (Wildman–Crippen LogP) is 6.29. The van der Waals surface area contributed by atoms with Crippen LogP contribution < -0.4 is 0 Å². The van der Waals surface area contributed by atoms with Crippen LogP contribution in [0.15, 0.2) is 18.2 Å². The fourth-order valence-corrected chi connectivity index (χ4v) is 8.53. The van der Waals surface area contributed by atoms with Crippen molar-refractivity contribution in [2.75, 3.05) is 0 Å². The summed E-state index contributed by atoms with van der Waals surface area (Å²) in [6, 6.07) is 9.18. The molecule has 0 unspecified atom stereocenters. The Kier molecular flexibility index (Phi) is 5.89. The third-order valence-corrected chi connectivity index (χ3v) is 10.1. The lowest BCUT2D eigenvalue weighted by Crippen LogP contribution is -2.28. The summed E-state index contributed by atoms with van der Waals surface area (Å²) in [5, 5.41) is 0. The van der Waals surface area contributed by atoms with Gasteiger partial charge in [0.2, 0.25) is 0 Å². The van der Waals surface area contributed by atoms with Gasteiger partial charge in [0.15, 0.2) is 11.6 Å². The largest absolute Gasteiger partial charge is 0.204 e. The van der Waals surface area contributed by atoms with Crippen molar-refractivity contribution in [3.63, 3.8) is 0 Å². The Morgan fingerprint density at radius 1 is 0.913 bits per heavy atom. The van der Waals surface area contributed by atoms with Gasteiger partial charge in [0.25, 0.3) is 0 Å². The molecular weight excluding hydrogens is 306 g/mol. The predicted molar refractivity (Wildman–Crippen MR) is 95.6 cm³/mol. The summed E-state index contributed by atoms with van der Waals surface area (Å²) in [6.45, 7) is 2.33. The summed E-state index contributed by atoms with van der Waals surface area (Å²) in [7, 11) is -0.368. The first-order chi connectivity index (χ1) is 11.2. The molecule has 3 heteroatoms. The smallest absolute Gasteiger partial charge is 0.159 e. The Hall–Kier alpha value is -0.703. The van der Waals surface area contributed by atoms with E-state index in [0.29, 0.717) is 5.92 Å². The summed E-state index contributed by atoms with van der Waals surface area (Å²) in [6.07, 6.45) is 9.24. The van der Waals surface area contributed by atoms with Gasteiger partial charge in [-0.15, -0.1) is 0 Å². The number of halogens is 2. The first-order valence-corrected chi connectivity index (χ1v) is 12.1. The van der Waals surface area contributed by atoms with E-state index in [1.54, 1.807) is 24.2 Å². The van der Waals surface area contributed by atoms with Crippen LogP contribution in [-0.4, -0.2) is 8.80 Å². The minimum absolute atomic E-state index is 0.368. The van der Waals surface area contributed by atoms with Gasteiger partial charge in [-0.1, -0.05) is 50.4 Å². The zero-order valence-corrected chi connectivity index (χ0v) is 15.5. The van der Waals surface area contributed by atoms with Gasteiger partial charge in [-0.05, 0) is 61.1 Å². The highest BCUT2D eigenvalue weighted by Gasteiger charge is 2.31. The lowest BCUT2D eigenvalue weighted by Gasteiger charge is -2.37. The van der Waals surface area contributed by atoms with E-state index in [4.69, 9.17) is 0 Å². The number of hydrogen-bond donors (Lipinski definition) is 0. The zero-order chi connectivity index (χ0) is 16.2. The van der Waals surface area contributed by atoms with E-state index in [2.05, 4.69) is 6.92 Å². The van der Waals surface area contributed by atoms with Crippen molar-refractivity contribution in [3.8, 4) is 0 Å². The van der Waals surface area contributed by atoms with Crippen molar-refractivity contribution >= 4 is 8.80 Å². The molecule has 0 spiro atoms. The van der Waals surface area contributed by atoms with E-state index in [-0.39, 0.29) is 8.80 Å². The monoisotopic (exact) mass is 336 g/mol. The molecule has 1 aromatic rings. The van der Waals surface area contributed by atoms with E-state index >= 15 is 0 Å². The van der Waals surface area contributed by atoms with E-state index in [0.717, 1.165) is 30.2 Å². The highest BCUT2D eigenvalue weighted by atomic mass is 28.3. The number of benzene rings is 1. The Labute approximate surface area is 141 Å². The van der Waals surface area contributed by atoms with Crippen molar-refractivity contribution in [1.82, 2.24) is 0 Å². The number of hydrogen-bond acceptors (Lipinski definition) is 0. The van der Waals surface area contributed by atoms with E-state index in [1.165, 1.54) is 44.2 Å². The molecule has 23 heavy (non-hydrogen) atoms. The van der Waals surface area contributed by atoms with Crippen molar-refractivity contribution in [1.29, 1.82) is 0 Å². The van der Waals surface area contributed by atoms with Crippen molar-refractivity contribution < 1.29 is 8.78 Å². The molecular formula is C20H30F2Si. The van der Waals surface area contributed by atoms with Gasteiger partial charge in [0.1, 0.15) is 0 Å². The molecule has 0 aromatic heterocycles. The van der Waals surface area contributed by atoms with Crippen molar-refractivity contribution in [3.05, 3.63) is 35.4 Å². The molecule has 0 bridgehead atoms. The molecule has 2 fully saturated rings. The lowest BCUT2D eigenvalue weighted by molar-refractivity contribution is 0.216. The van der Waals surface area contributed by atoms with Crippen LogP contribution in [0.1, 0.15) is 63.4 Å². The average molecular weight is 337 g/mol. The molecule has 0 N–H and O–H groups in total. The molecule has 1 saturated heterocycles. The third kappa shape index (κ3) is 4.23. The highest BCUT2D eigenvalue weighted by Crippen LogP contribution is 2.43. The fourth-order valence-electron chi connectivity index (χ4n) is 5.05. The minimum atomic E-state index is -0.726. The molecule has 1 saturated carbocycles. The molecule has 2 aliphatic rings. The average Bonchev–Trinajstić information content (AvgIpc) is 2.59. The first-order valence-electron chi connectivity index (χ1n) is 9.62. The van der Waals surface area contributed by atoms with Crippen LogP contribution in [0.5, 0.6) is 0 Å². The Morgan fingerprint density at radius 3 is 2.17 bits per heavy atom. The van der Waals surface area contributed by atoms with Crippen LogP contribution >= 0.6 is 0 Å². The molecule has 1 aromatic carbocycles. The fraction of sp³-hybridized carbons (Fsp3) is 0.700. The molecule has 0 atom stereocenters. The molecule has 1 aliphatic heterocycles. The Balaban J connectivity index is 1.50. The highest BCUT2D eigenvalue weighted by molar-refractivity contribution is 6.58. The van der Waals surface area contributed by atoms with Gasteiger partial charge in [-0.2, -0.15) is 0 Å². The van der Waals surface area contributed by atoms with Gasteiger partial charge in [0, 0.05) is 8.80 Å². The van der Waals surface area contributed by atoms with Crippen LogP contribution in [0, 0.1) is 23.5 Å². The van der Waals surface area contributed by atoms with Crippen molar-refractivity contribution in [2.24, 2.45) is 11.8 Å². The second-order valence-electron chi connectivity index (χ2n) is 7.85. The van der Waals surface area contributed by atoms with Gasteiger partial charge in [-0.3, -0.25) is 0 Å². The van der Waals surface area contributed by atoms with Crippen LogP contribution in [-0.2, 0) is 0 Å². The second-order valence-corrected chi connectivity index (χ2v) is 11.3. The normalized spacial score (nSPS) is 32.0. The summed E-state index contributed by atoms with van der Waals surface area (Å²) in [5.74, 6) is 0.876. The molecule has 1 heterocycles. The molecule has 3 rings (SSSR count). The van der Waals surface area contributed by atoms with E-state index in [1.807, 2.05) is 0 Å². The second kappa shape index (κ2) is 7.91. The minimum Gasteiger partial charge on any atom is -0.204 e. The molecule has 1 aliphatic carbocycles. The van der Waals surface area contributed by atoms with Crippen LogP contribution in [0.3, 0.4) is 0 Å². The van der Waals surface area contributed by atoms with Crippen molar-refractivity contribution in [2.45, 2.75) is 75.9 Å². The lowest BCUT2D eigenvalue weighted by atomic mass is 9.72. The molecule has 0 nitrogen and oxygen atoms in total. The first kappa shape index (κ1) is 17.1. The summed E-state index contributed by atoms with van der Waals surface area (Å²) in [4.78, 5) is 0. The quantitative estimate of drug-likeness (QED) is 0.567. The van der Waals surface area contributed by atoms with Crippen LogP contribution in [0.2, 0.25) is 18.1 Å². The van der Waals surface area contributed by atoms with Gasteiger partial charge < -0.3 is 0 Å². The SMILES string of the molecule is CCC[SiH]1CCC(C2CCC(c3ccc(F)c(F)c3)CC2)CC1. The zero-order valence-electron chi connectivity index (χ0n) is 14.4. The van der Waals surface area contributed by atoms with Gasteiger partial charge >= 0.3 is 0 Å². The molecule has 0 radical (unpaired) electrons. The third-order valence-electron chi connectivity index (χ3n) is 6.44. The molecule has 128 valence electrons. The maximum Gasteiger partial charge on any atom is 0.159 e. The van der Waals surface area contributed by atoms with Gasteiger partial charge in [0.05, 0.1) is 0 Å².